The molecule has 2 aliphatic carbocycles. The minimum atomic E-state index is 0.0324. The van der Waals surface area contributed by atoms with Gasteiger partial charge in [0.2, 0.25) is 0 Å². The minimum absolute atomic E-state index is 0.0324. The molecule has 0 saturated heterocycles. The Bertz CT molecular complexity index is 668. The van der Waals surface area contributed by atoms with Crippen LogP contribution < -0.4 is 4.80 Å². The third kappa shape index (κ3) is 2.72. The zero-order chi connectivity index (χ0) is 16.8. The van der Waals surface area contributed by atoms with Crippen molar-refractivity contribution in [2.75, 3.05) is 13.7 Å². The van der Waals surface area contributed by atoms with Crippen LogP contribution in [0.2, 0.25) is 0 Å². The van der Waals surface area contributed by atoms with E-state index in [4.69, 9.17) is 4.74 Å². The Balaban J connectivity index is 1.96. The topological polar surface area (TPSA) is 43.6 Å². The van der Waals surface area contributed by atoms with Crippen molar-refractivity contribution < 1.29 is 9.53 Å². The average molecular weight is 337 g/mol. The summed E-state index contributed by atoms with van der Waals surface area (Å²) in [6.45, 7) is 10.1. The van der Waals surface area contributed by atoms with Crippen molar-refractivity contribution in [3.63, 3.8) is 0 Å². The van der Waals surface area contributed by atoms with Crippen LogP contribution in [0.1, 0.15) is 51.1 Å². The molecule has 2 aliphatic rings. The lowest BCUT2D eigenvalue weighted by Crippen LogP contribution is -2.23. The van der Waals surface area contributed by atoms with Crippen molar-refractivity contribution in [1.29, 1.82) is 0 Å². The van der Waals surface area contributed by atoms with E-state index in [0.717, 1.165) is 24.2 Å². The lowest BCUT2D eigenvalue weighted by Gasteiger charge is -2.14. The molecule has 0 atom stereocenters. The van der Waals surface area contributed by atoms with Crippen molar-refractivity contribution >= 4 is 17.2 Å². The molecule has 1 heterocycles. The second-order valence-corrected chi connectivity index (χ2v) is 8.99. The van der Waals surface area contributed by atoms with E-state index < -0.39 is 0 Å². The summed E-state index contributed by atoms with van der Waals surface area (Å²) in [5.74, 6) is 0.0785. The summed E-state index contributed by atoms with van der Waals surface area (Å²) in [5.41, 5.74) is 1.46. The molecule has 0 aliphatic heterocycles. The fraction of sp³-hybridized carbons (Fsp3) is 0.778. The van der Waals surface area contributed by atoms with Gasteiger partial charge in [0.15, 0.2) is 4.80 Å². The predicted molar refractivity (Wildman–Crippen MR) is 92.4 cm³/mol. The van der Waals surface area contributed by atoms with E-state index in [0.29, 0.717) is 6.61 Å². The molecule has 128 valence electrons. The number of amides is 1. The maximum absolute atomic E-state index is 12.7. The number of aromatic nitrogens is 1. The van der Waals surface area contributed by atoms with Crippen molar-refractivity contribution in [3.8, 4) is 0 Å². The quantitative estimate of drug-likeness (QED) is 0.847. The Morgan fingerprint density at radius 1 is 1.26 bits per heavy atom. The molecular weight excluding hydrogens is 308 g/mol. The summed E-state index contributed by atoms with van der Waals surface area (Å²) in [6.07, 6.45) is 4.69. The zero-order valence-corrected chi connectivity index (χ0v) is 15.8. The van der Waals surface area contributed by atoms with Crippen molar-refractivity contribution in [2.24, 2.45) is 21.7 Å². The van der Waals surface area contributed by atoms with E-state index >= 15 is 0 Å². The Morgan fingerprint density at radius 3 is 2.52 bits per heavy atom. The Kier molecular flexibility index (Phi) is 4.30. The number of carbonyl (C=O) groups excluding carboxylic acids is 1. The van der Waals surface area contributed by atoms with Crippen molar-refractivity contribution in [2.45, 2.75) is 59.9 Å². The molecule has 0 aromatic carbocycles. The number of fused-ring (bicyclic) bond motifs is 1. The van der Waals surface area contributed by atoms with Crippen LogP contribution in [0.25, 0.3) is 0 Å². The number of ether oxygens (including phenoxy) is 1. The first-order valence-corrected chi connectivity index (χ1v) is 9.41. The van der Waals surface area contributed by atoms with Gasteiger partial charge in [0.25, 0.3) is 5.91 Å². The fourth-order valence-corrected chi connectivity index (χ4v) is 5.25. The van der Waals surface area contributed by atoms with Crippen LogP contribution in [0.15, 0.2) is 4.99 Å². The molecule has 0 N–H and O–H groups in total. The normalized spacial score (nSPS) is 22.9. The molecule has 1 saturated carbocycles. The minimum Gasteiger partial charge on any atom is -0.383 e. The van der Waals surface area contributed by atoms with E-state index in [1.807, 2.05) is 0 Å². The summed E-state index contributed by atoms with van der Waals surface area (Å²) in [4.78, 5) is 19.6. The highest BCUT2D eigenvalue weighted by Gasteiger charge is 2.68. The summed E-state index contributed by atoms with van der Waals surface area (Å²) in [6, 6.07) is 0. The number of aryl methyl sites for hydroxylation is 1. The monoisotopic (exact) mass is 336 g/mol. The molecule has 1 amide bonds. The summed E-state index contributed by atoms with van der Waals surface area (Å²) < 4.78 is 7.47. The smallest absolute Gasteiger partial charge is 0.252 e. The standard InChI is InChI=1S/C18H28N2O2S/c1-17(2)14(18(17,3)4)15(21)19-16-20(10-11-22-5)12-8-6-7-9-13(12)23-16/h14H,6-11H2,1-5H3/b19-16-. The molecular formula is C18H28N2O2S. The first-order chi connectivity index (χ1) is 10.8. The summed E-state index contributed by atoms with van der Waals surface area (Å²) >= 11 is 1.71. The molecule has 0 unspecified atom stereocenters. The van der Waals surface area contributed by atoms with Gasteiger partial charge in [-0.25, -0.2) is 0 Å². The van der Waals surface area contributed by atoms with Gasteiger partial charge in [-0.1, -0.05) is 27.7 Å². The van der Waals surface area contributed by atoms with Crippen LogP contribution in [0.4, 0.5) is 0 Å². The molecule has 5 heteroatoms. The third-order valence-corrected chi connectivity index (χ3v) is 7.33. The first-order valence-electron chi connectivity index (χ1n) is 8.59. The maximum Gasteiger partial charge on any atom is 0.252 e. The van der Waals surface area contributed by atoms with E-state index in [2.05, 4.69) is 37.3 Å². The van der Waals surface area contributed by atoms with Gasteiger partial charge < -0.3 is 9.30 Å². The summed E-state index contributed by atoms with van der Waals surface area (Å²) in [5, 5.41) is 0. The van der Waals surface area contributed by atoms with Gasteiger partial charge >= 0.3 is 0 Å². The molecule has 4 nitrogen and oxygen atoms in total. The maximum atomic E-state index is 12.7. The number of thiazole rings is 1. The summed E-state index contributed by atoms with van der Waals surface area (Å²) in [7, 11) is 1.72. The zero-order valence-electron chi connectivity index (χ0n) is 14.9. The van der Waals surface area contributed by atoms with Gasteiger partial charge in [-0.3, -0.25) is 4.79 Å². The molecule has 1 aromatic heterocycles. The van der Waals surface area contributed by atoms with Crippen molar-refractivity contribution in [1.82, 2.24) is 4.57 Å². The average Bonchev–Trinajstić information content (AvgIpc) is 2.76. The van der Waals surface area contributed by atoms with E-state index in [1.165, 1.54) is 23.4 Å². The molecule has 1 fully saturated rings. The highest BCUT2D eigenvalue weighted by atomic mass is 32.1. The molecule has 0 radical (unpaired) electrons. The molecule has 0 spiro atoms. The van der Waals surface area contributed by atoms with Gasteiger partial charge in [-0.05, 0) is 36.5 Å². The number of hydrogen-bond donors (Lipinski definition) is 0. The van der Waals surface area contributed by atoms with Gasteiger partial charge in [0.05, 0.1) is 12.5 Å². The van der Waals surface area contributed by atoms with Crippen molar-refractivity contribution in [3.05, 3.63) is 15.4 Å². The Hall–Kier alpha value is -0.940. The lowest BCUT2D eigenvalue weighted by molar-refractivity contribution is -0.120. The number of methoxy groups -OCH3 is 1. The fourth-order valence-electron chi connectivity index (χ4n) is 4.01. The lowest BCUT2D eigenvalue weighted by atomic mass is 10.0. The van der Waals surface area contributed by atoms with E-state index in [1.54, 1.807) is 18.4 Å². The first kappa shape index (κ1) is 16.9. The van der Waals surface area contributed by atoms with Crippen LogP contribution in [0, 0.1) is 16.7 Å². The Labute approximate surface area is 142 Å². The molecule has 1 aromatic rings. The second kappa shape index (κ2) is 5.85. The largest absolute Gasteiger partial charge is 0.383 e. The highest BCUT2D eigenvalue weighted by molar-refractivity contribution is 7.09. The number of nitrogens with zero attached hydrogens (tertiary/aromatic N) is 2. The Morgan fingerprint density at radius 2 is 1.91 bits per heavy atom. The number of carbonyl (C=O) groups is 1. The van der Waals surface area contributed by atoms with Gasteiger partial charge in [0, 0.05) is 24.2 Å². The van der Waals surface area contributed by atoms with Crippen LogP contribution in [-0.4, -0.2) is 24.2 Å². The van der Waals surface area contributed by atoms with Gasteiger partial charge in [-0.15, -0.1) is 11.3 Å². The van der Waals surface area contributed by atoms with Crippen LogP contribution >= 0.6 is 11.3 Å². The SMILES string of the molecule is COCCn1c2c(s/c1=N\C(=O)C1C(C)(C)C1(C)C)CCCC2. The van der Waals surface area contributed by atoms with Crippen LogP contribution in [-0.2, 0) is 28.9 Å². The van der Waals surface area contributed by atoms with Crippen LogP contribution in [0.5, 0.6) is 0 Å². The second-order valence-electron chi connectivity index (χ2n) is 7.93. The molecule has 23 heavy (non-hydrogen) atoms. The number of rotatable bonds is 4. The molecule has 3 rings (SSSR count). The highest BCUT2D eigenvalue weighted by Crippen LogP contribution is 2.68. The van der Waals surface area contributed by atoms with E-state index in [-0.39, 0.29) is 22.7 Å². The van der Waals surface area contributed by atoms with E-state index in [9.17, 15) is 4.79 Å². The predicted octanol–water partition coefficient (Wildman–Crippen LogP) is 3.18. The van der Waals surface area contributed by atoms with Gasteiger partial charge in [-0.2, -0.15) is 4.99 Å². The molecule has 0 bridgehead atoms. The van der Waals surface area contributed by atoms with Crippen LogP contribution in [0.3, 0.4) is 0 Å². The van der Waals surface area contributed by atoms with Gasteiger partial charge in [0.1, 0.15) is 0 Å². The third-order valence-electron chi connectivity index (χ3n) is 6.15. The number of hydrogen-bond acceptors (Lipinski definition) is 3.